The molecular formula is C23H18F2N2O3S. The van der Waals surface area contributed by atoms with E-state index < -0.39 is 35.1 Å². The summed E-state index contributed by atoms with van der Waals surface area (Å²) in [6.45, 7) is 5.26. The van der Waals surface area contributed by atoms with Crippen LogP contribution in [0.4, 0.5) is 14.5 Å². The van der Waals surface area contributed by atoms with Gasteiger partial charge in [0, 0.05) is 6.07 Å². The molecule has 1 aromatic heterocycles. The summed E-state index contributed by atoms with van der Waals surface area (Å²) in [4.78, 5) is 32.0. The maximum Gasteiger partial charge on any atom is 0.294 e. The number of Topliss-reactive ketones (excluding diaryl/α,β-unsaturated/α-hetero) is 1. The highest BCUT2D eigenvalue weighted by Gasteiger charge is 2.46. The first kappa shape index (κ1) is 20.9. The van der Waals surface area contributed by atoms with Gasteiger partial charge in [0.1, 0.15) is 11.6 Å². The zero-order valence-corrected chi connectivity index (χ0v) is 17.8. The van der Waals surface area contributed by atoms with E-state index in [2.05, 4.69) is 4.98 Å². The average Bonchev–Trinajstić information content (AvgIpc) is 3.18. The van der Waals surface area contributed by atoms with Crippen LogP contribution in [-0.4, -0.2) is 21.8 Å². The van der Waals surface area contributed by atoms with E-state index in [9.17, 15) is 23.5 Å². The summed E-state index contributed by atoms with van der Waals surface area (Å²) in [6, 6.07) is 8.74. The lowest BCUT2D eigenvalue weighted by atomic mass is 9.94. The molecule has 1 atom stereocenters. The SMILES string of the molecule is Cc1cccc(C2C(C(=O)c3sc(C)nc3C)=C(O)C(=O)N2c2ccc(F)cc2F)c1. The molecule has 0 saturated heterocycles. The molecule has 3 aromatic rings. The Morgan fingerprint density at radius 3 is 2.48 bits per heavy atom. The fourth-order valence-corrected chi connectivity index (χ4v) is 4.66. The molecule has 0 fully saturated rings. The van der Waals surface area contributed by atoms with Crippen molar-refractivity contribution in [2.45, 2.75) is 26.8 Å². The molecule has 1 amide bonds. The number of hydrogen-bond donors (Lipinski definition) is 1. The number of anilines is 1. The second-order valence-electron chi connectivity index (χ2n) is 7.33. The van der Waals surface area contributed by atoms with Gasteiger partial charge in [0.15, 0.2) is 5.76 Å². The Hall–Kier alpha value is -3.39. The maximum atomic E-state index is 14.7. The van der Waals surface area contributed by atoms with Crippen molar-refractivity contribution in [1.82, 2.24) is 4.98 Å². The minimum absolute atomic E-state index is 0.161. The Morgan fingerprint density at radius 1 is 1.13 bits per heavy atom. The number of hydrogen-bond acceptors (Lipinski definition) is 5. The molecule has 0 aliphatic carbocycles. The summed E-state index contributed by atoms with van der Waals surface area (Å²) >= 11 is 1.16. The predicted octanol–water partition coefficient (Wildman–Crippen LogP) is 5.13. The molecule has 8 heteroatoms. The van der Waals surface area contributed by atoms with E-state index in [4.69, 9.17) is 0 Å². The number of rotatable bonds is 4. The van der Waals surface area contributed by atoms with Gasteiger partial charge < -0.3 is 5.11 Å². The van der Waals surface area contributed by atoms with Gasteiger partial charge in [-0.05, 0) is 38.5 Å². The number of carbonyl (C=O) groups is 2. The van der Waals surface area contributed by atoms with E-state index in [1.807, 2.05) is 13.0 Å². The van der Waals surface area contributed by atoms with Crippen molar-refractivity contribution >= 4 is 28.7 Å². The summed E-state index contributed by atoms with van der Waals surface area (Å²) in [5, 5.41) is 11.4. The Labute approximate surface area is 181 Å². The van der Waals surface area contributed by atoms with Gasteiger partial charge in [-0.25, -0.2) is 13.8 Å². The molecule has 1 unspecified atom stereocenters. The lowest BCUT2D eigenvalue weighted by molar-refractivity contribution is -0.117. The van der Waals surface area contributed by atoms with Gasteiger partial charge in [0.25, 0.3) is 5.91 Å². The monoisotopic (exact) mass is 440 g/mol. The molecule has 1 aliphatic heterocycles. The van der Waals surface area contributed by atoms with Crippen LogP contribution in [0.3, 0.4) is 0 Å². The molecule has 2 aromatic carbocycles. The van der Waals surface area contributed by atoms with Crippen LogP contribution in [-0.2, 0) is 4.79 Å². The normalized spacial score (nSPS) is 16.4. The van der Waals surface area contributed by atoms with Crippen LogP contribution in [0.25, 0.3) is 0 Å². The fourth-order valence-electron chi connectivity index (χ4n) is 3.78. The van der Waals surface area contributed by atoms with E-state index >= 15 is 0 Å². The maximum absolute atomic E-state index is 14.7. The van der Waals surface area contributed by atoms with Crippen LogP contribution in [0, 0.1) is 32.4 Å². The van der Waals surface area contributed by atoms with Crippen molar-refractivity contribution in [2.75, 3.05) is 4.90 Å². The van der Waals surface area contributed by atoms with E-state index in [0.29, 0.717) is 27.2 Å². The molecule has 1 aliphatic rings. The minimum atomic E-state index is -1.08. The third kappa shape index (κ3) is 3.53. The molecule has 5 nitrogen and oxygen atoms in total. The number of nitrogens with zero attached hydrogens (tertiary/aromatic N) is 2. The topological polar surface area (TPSA) is 70.5 Å². The predicted molar refractivity (Wildman–Crippen MR) is 113 cm³/mol. The number of aliphatic hydroxyl groups excluding tert-OH is 1. The fraction of sp³-hybridized carbons (Fsp3) is 0.174. The highest BCUT2D eigenvalue weighted by Crippen LogP contribution is 2.43. The number of aryl methyl sites for hydroxylation is 3. The number of halogens is 2. The minimum Gasteiger partial charge on any atom is -0.503 e. The van der Waals surface area contributed by atoms with Crippen molar-refractivity contribution in [3.63, 3.8) is 0 Å². The van der Waals surface area contributed by atoms with Gasteiger partial charge >= 0.3 is 0 Å². The van der Waals surface area contributed by atoms with Gasteiger partial charge in [0.2, 0.25) is 5.78 Å². The highest BCUT2D eigenvalue weighted by molar-refractivity contribution is 7.14. The first-order chi connectivity index (χ1) is 14.7. The molecule has 31 heavy (non-hydrogen) atoms. The van der Waals surface area contributed by atoms with Gasteiger partial charge in [-0.3, -0.25) is 14.5 Å². The number of benzene rings is 2. The van der Waals surface area contributed by atoms with E-state index in [1.165, 1.54) is 0 Å². The molecular weight excluding hydrogens is 422 g/mol. The average molecular weight is 440 g/mol. The molecule has 0 bridgehead atoms. The Balaban J connectivity index is 1.93. The third-order valence-corrected chi connectivity index (χ3v) is 6.16. The summed E-state index contributed by atoms with van der Waals surface area (Å²) < 4.78 is 28.2. The van der Waals surface area contributed by atoms with Crippen LogP contribution in [0.5, 0.6) is 0 Å². The quantitative estimate of drug-likeness (QED) is 0.571. The van der Waals surface area contributed by atoms with Crippen molar-refractivity contribution in [3.05, 3.63) is 92.1 Å². The summed E-state index contributed by atoms with van der Waals surface area (Å²) in [5.41, 5.74) is 1.46. The zero-order valence-electron chi connectivity index (χ0n) is 16.9. The number of carbonyl (C=O) groups excluding carboxylic acids is 2. The highest BCUT2D eigenvalue weighted by atomic mass is 32.1. The number of amides is 1. The van der Waals surface area contributed by atoms with Crippen molar-refractivity contribution < 1.29 is 23.5 Å². The van der Waals surface area contributed by atoms with Crippen LogP contribution in [0.15, 0.2) is 53.8 Å². The van der Waals surface area contributed by atoms with Gasteiger partial charge in [-0.15, -0.1) is 11.3 Å². The molecule has 0 saturated carbocycles. The smallest absolute Gasteiger partial charge is 0.294 e. The molecule has 0 radical (unpaired) electrons. The third-order valence-electron chi connectivity index (χ3n) is 5.09. The molecule has 1 N–H and O–H groups in total. The van der Waals surface area contributed by atoms with Crippen LogP contribution < -0.4 is 4.90 Å². The number of aliphatic hydroxyl groups is 1. The lowest BCUT2D eigenvalue weighted by Gasteiger charge is -2.27. The van der Waals surface area contributed by atoms with Crippen LogP contribution in [0.1, 0.15) is 37.5 Å². The number of aromatic nitrogens is 1. The lowest BCUT2D eigenvalue weighted by Crippen LogP contribution is -2.32. The Morgan fingerprint density at radius 2 is 1.87 bits per heavy atom. The van der Waals surface area contributed by atoms with E-state index in [1.54, 1.807) is 32.0 Å². The van der Waals surface area contributed by atoms with Gasteiger partial charge in [-0.2, -0.15) is 0 Å². The number of thiazole rings is 1. The summed E-state index contributed by atoms with van der Waals surface area (Å²) in [7, 11) is 0. The summed E-state index contributed by atoms with van der Waals surface area (Å²) in [6.07, 6.45) is 0. The Kier molecular flexibility index (Phi) is 5.18. The summed E-state index contributed by atoms with van der Waals surface area (Å²) in [5.74, 6) is -4.02. The molecule has 0 spiro atoms. The van der Waals surface area contributed by atoms with Gasteiger partial charge in [-0.1, -0.05) is 29.8 Å². The first-order valence-electron chi connectivity index (χ1n) is 9.46. The van der Waals surface area contributed by atoms with Crippen molar-refractivity contribution in [3.8, 4) is 0 Å². The van der Waals surface area contributed by atoms with Crippen molar-refractivity contribution in [2.24, 2.45) is 0 Å². The second-order valence-corrected chi connectivity index (χ2v) is 8.53. The largest absolute Gasteiger partial charge is 0.503 e. The van der Waals surface area contributed by atoms with Crippen LogP contribution >= 0.6 is 11.3 Å². The zero-order chi connectivity index (χ0) is 22.4. The molecule has 158 valence electrons. The molecule has 2 heterocycles. The van der Waals surface area contributed by atoms with Crippen LogP contribution in [0.2, 0.25) is 0 Å². The number of ketones is 1. The van der Waals surface area contributed by atoms with Gasteiger partial charge in [0.05, 0.1) is 32.9 Å². The molecule has 4 rings (SSSR count). The Bertz CT molecular complexity index is 1270. The van der Waals surface area contributed by atoms with E-state index in [0.717, 1.165) is 33.9 Å². The first-order valence-corrected chi connectivity index (χ1v) is 10.3. The standard InChI is InChI=1S/C23H18F2N2O3S/c1-11-5-4-6-14(9-11)19-18(20(28)22-12(2)26-13(3)31-22)21(29)23(30)27(19)17-8-7-15(24)10-16(17)25/h4-10,19,29H,1-3H3. The van der Waals surface area contributed by atoms with E-state index in [-0.39, 0.29) is 11.3 Å². The van der Waals surface area contributed by atoms with Crippen molar-refractivity contribution in [1.29, 1.82) is 0 Å². The second kappa shape index (κ2) is 7.70.